The van der Waals surface area contributed by atoms with E-state index in [0.717, 1.165) is 0 Å². The van der Waals surface area contributed by atoms with Crippen molar-refractivity contribution in [3.8, 4) is 0 Å². The number of rotatable bonds is 2. The van der Waals surface area contributed by atoms with Gasteiger partial charge in [0.2, 0.25) is 0 Å². The molecule has 0 aromatic rings. The molecule has 10 heavy (non-hydrogen) atoms. The molecule has 0 aromatic carbocycles. The predicted octanol–water partition coefficient (Wildman–Crippen LogP) is 0.357. The van der Waals surface area contributed by atoms with Gasteiger partial charge in [0.05, 0.1) is 18.2 Å². The lowest BCUT2D eigenvalue weighted by atomic mass is 10.1. The van der Waals surface area contributed by atoms with E-state index in [1.165, 1.54) is 0 Å². The van der Waals surface area contributed by atoms with Crippen molar-refractivity contribution in [1.29, 1.82) is 0 Å². The topological polar surface area (TPSA) is 43.4 Å². The Hall–Kier alpha value is -0.570. The summed E-state index contributed by atoms with van der Waals surface area (Å²) in [5, 5.41) is 0. The number of cyclic esters (lactones) is 1. The summed E-state index contributed by atoms with van der Waals surface area (Å²) in [4.78, 5) is 21.3. The summed E-state index contributed by atoms with van der Waals surface area (Å²) in [6.07, 6.45) is 0.200. The third kappa shape index (κ3) is 1.48. The molecule has 0 radical (unpaired) electrons. The molecule has 1 fully saturated rings. The fourth-order valence-electron chi connectivity index (χ4n) is 0.828. The molecule has 0 bridgehead atoms. The second-order valence-corrected chi connectivity index (χ2v) is 2.45. The minimum Gasteiger partial charge on any atom is -0.465 e. The molecule has 1 atom stereocenters. The molecule has 1 rings (SSSR count). The van der Waals surface area contributed by atoms with Crippen molar-refractivity contribution in [2.75, 3.05) is 12.5 Å². The van der Waals surface area contributed by atoms with E-state index >= 15 is 0 Å². The molecule has 4 heteroatoms. The molecule has 1 aliphatic heterocycles. The van der Waals surface area contributed by atoms with Crippen molar-refractivity contribution in [3.05, 3.63) is 0 Å². The lowest BCUT2D eigenvalue weighted by molar-refractivity contribution is -0.137. The third-order valence-corrected chi connectivity index (χ3v) is 1.71. The van der Waals surface area contributed by atoms with Gasteiger partial charge in [0.1, 0.15) is 6.61 Å². The van der Waals surface area contributed by atoms with Crippen LogP contribution in [0.5, 0.6) is 0 Å². The lowest BCUT2D eigenvalue weighted by Gasteiger charge is -1.98. The Morgan fingerprint density at radius 2 is 2.50 bits per heavy atom. The minimum absolute atomic E-state index is 0.0265. The molecule has 0 saturated carbocycles. The summed E-state index contributed by atoms with van der Waals surface area (Å²) in [6, 6.07) is 0. The quantitative estimate of drug-likeness (QED) is 0.435. The first-order chi connectivity index (χ1) is 4.74. The van der Waals surface area contributed by atoms with E-state index in [1.54, 1.807) is 0 Å². The predicted molar refractivity (Wildman–Crippen MR) is 34.8 cm³/mol. The number of ketones is 1. The van der Waals surface area contributed by atoms with Crippen molar-refractivity contribution in [2.45, 2.75) is 6.42 Å². The zero-order valence-corrected chi connectivity index (χ0v) is 6.06. The number of esters is 1. The standard InChI is InChI=1S/C6H7ClO3/c7-2-5(8)4-1-6(9)10-3-4/h4H,1-3H2/t4-/m0/s1. The third-order valence-electron chi connectivity index (χ3n) is 1.45. The number of alkyl halides is 1. The Labute approximate surface area is 63.3 Å². The molecule has 56 valence electrons. The van der Waals surface area contributed by atoms with Crippen molar-refractivity contribution in [3.63, 3.8) is 0 Å². The van der Waals surface area contributed by atoms with Gasteiger partial charge in [-0.05, 0) is 0 Å². The average Bonchev–Trinajstić information content (AvgIpc) is 2.34. The fourth-order valence-corrected chi connectivity index (χ4v) is 1.05. The first kappa shape index (κ1) is 7.54. The number of carbonyl (C=O) groups excluding carboxylic acids is 2. The average molecular weight is 163 g/mol. The first-order valence-corrected chi connectivity index (χ1v) is 3.52. The molecule has 1 heterocycles. The second kappa shape index (κ2) is 3.01. The van der Waals surface area contributed by atoms with E-state index in [4.69, 9.17) is 11.6 Å². The second-order valence-electron chi connectivity index (χ2n) is 2.18. The van der Waals surface area contributed by atoms with Crippen molar-refractivity contribution in [2.24, 2.45) is 5.92 Å². The van der Waals surface area contributed by atoms with Gasteiger partial charge in [-0.1, -0.05) is 0 Å². The monoisotopic (exact) mass is 162 g/mol. The maximum absolute atomic E-state index is 10.8. The van der Waals surface area contributed by atoms with Crippen LogP contribution in [0.4, 0.5) is 0 Å². The fraction of sp³-hybridized carbons (Fsp3) is 0.667. The van der Waals surface area contributed by atoms with E-state index in [1.807, 2.05) is 0 Å². The number of ether oxygens (including phenoxy) is 1. The van der Waals surface area contributed by atoms with Gasteiger partial charge in [-0.25, -0.2) is 0 Å². The summed E-state index contributed by atoms with van der Waals surface area (Å²) in [5.74, 6) is -0.720. The molecular weight excluding hydrogens is 156 g/mol. The van der Waals surface area contributed by atoms with Gasteiger partial charge in [-0.3, -0.25) is 9.59 Å². The molecule has 0 aromatic heterocycles. The van der Waals surface area contributed by atoms with Crippen molar-refractivity contribution < 1.29 is 14.3 Å². The Balaban J connectivity index is 2.44. The highest BCUT2D eigenvalue weighted by Crippen LogP contribution is 2.14. The van der Waals surface area contributed by atoms with Crippen LogP contribution in [0.15, 0.2) is 0 Å². The van der Waals surface area contributed by atoms with Crippen LogP contribution < -0.4 is 0 Å². The van der Waals surface area contributed by atoms with E-state index in [9.17, 15) is 9.59 Å². The van der Waals surface area contributed by atoms with Gasteiger partial charge < -0.3 is 4.74 Å². The highest BCUT2D eigenvalue weighted by atomic mass is 35.5. The Bertz CT molecular complexity index is 166. The summed E-state index contributed by atoms with van der Waals surface area (Å²) in [6.45, 7) is 0.213. The number of carbonyl (C=O) groups is 2. The van der Waals surface area contributed by atoms with Crippen molar-refractivity contribution in [1.82, 2.24) is 0 Å². The molecule has 3 nitrogen and oxygen atoms in total. The van der Waals surface area contributed by atoms with Crippen LogP contribution in [0.3, 0.4) is 0 Å². The van der Waals surface area contributed by atoms with E-state index in [0.29, 0.717) is 0 Å². The molecule has 0 amide bonds. The van der Waals surface area contributed by atoms with Crippen LogP contribution in [0.2, 0.25) is 0 Å². The van der Waals surface area contributed by atoms with Crippen molar-refractivity contribution >= 4 is 23.4 Å². The van der Waals surface area contributed by atoms with Gasteiger partial charge in [-0.15, -0.1) is 11.6 Å². The summed E-state index contributed by atoms with van der Waals surface area (Å²) in [7, 11) is 0. The highest BCUT2D eigenvalue weighted by Gasteiger charge is 2.28. The molecule has 1 aliphatic rings. The highest BCUT2D eigenvalue weighted by molar-refractivity contribution is 6.28. The lowest BCUT2D eigenvalue weighted by Crippen LogP contribution is -2.15. The summed E-state index contributed by atoms with van der Waals surface area (Å²) < 4.78 is 4.57. The van der Waals surface area contributed by atoms with Crippen LogP contribution in [0.25, 0.3) is 0 Å². The summed E-state index contributed by atoms with van der Waals surface area (Å²) in [5.41, 5.74) is 0. The maximum atomic E-state index is 10.8. The number of halogens is 1. The minimum atomic E-state index is -0.302. The molecule has 0 spiro atoms. The van der Waals surface area contributed by atoms with Crippen LogP contribution in [-0.2, 0) is 14.3 Å². The number of hydrogen-bond acceptors (Lipinski definition) is 3. The SMILES string of the molecule is O=C1C[C@H](C(=O)CCl)CO1. The Morgan fingerprint density at radius 1 is 1.80 bits per heavy atom. The van der Waals surface area contributed by atoms with Gasteiger partial charge in [0, 0.05) is 0 Å². The molecule has 0 N–H and O–H groups in total. The van der Waals surface area contributed by atoms with Crippen LogP contribution in [0.1, 0.15) is 6.42 Å². The van der Waals surface area contributed by atoms with Gasteiger partial charge >= 0.3 is 5.97 Å². The van der Waals surface area contributed by atoms with Gasteiger partial charge in [0.15, 0.2) is 5.78 Å². The van der Waals surface area contributed by atoms with Gasteiger partial charge in [-0.2, -0.15) is 0 Å². The van der Waals surface area contributed by atoms with E-state index < -0.39 is 0 Å². The molecule has 1 saturated heterocycles. The van der Waals surface area contributed by atoms with Crippen LogP contribution in [-0.4, -0.2) is 24.2 Å². The first-order valence-electron chi connectivity index (χ1n) is 2.98. The van der Waals surface area contributed by atoms with Gasteiger partial charge in [0.25, 0.3) is 0 Å². The molecule has 0 aliphatic carbocycles. The van der Waals surface area contributed by atoms with Crippen LogP contribution in [0, 0.1) is 5.92 Å². The zero-order chi connectivity index (χ0) is 7.56. The summed E-state index contributed by atoms with van der Waals surface area (Å²) >= 11 is 5.26. The Kier molecular flexibility index (Phi) is 2.27. The van der Waals surface area contributed by atoms with Crippen LogP contribution >= 0.6 is 11.6 Å². The smallest absolute Gasteiger partial charge is 0.306 e. The molecular formula is C6H7ClO3. The normalized spacial score (nSPS) is 24.5. The van der Waals surface area contributed by atoms with E-state index in [2.05, 4.69) is 4.74 Å². The Morgan fingerprint density at radius 3 is 2.90 bits per heavy atom. The zero-order valence-electron chi connectivity index (χ0n) is 5.30. The molecule has 0 unspecified atom stereocenters. The maximum Gasteiger partial charge on any atom is 0.306 e. The van der Waals surface area contributed by atoms with E-state index in [-0.39, 0.29) is 36.6 Å². The number of hydrogen-bond donors (Lipinski definition) is 0. The largest absolute Gasteiger partial charge is 0.465 e. The number of Topliss-reactive ketones (excluding diaryl/α,β-unsaturated/α-hetero) is 1.